The standard InChI is InChI=1S/C14H16N6OS/c1-16-13(21)19-12-11-10(4-5-17-12)18-14(22-11)20-6-2-3-9(7-15)8-20/h4-5,9H,2-3,6,8H2,1H3,(H2,16,17,19,21)/t9-/m1/s1. The number of fused-ring (bicyclic) bond motifs is 1. The number of pyridine rings is 1. The Labute approximate surface area is 132 Å². The second-order valence-electron chi connectivity index (χ2n) is 5.12. The van der Waals surface area contributed by atoms with E-state index in [1.807, 2.05) is 6.07 Å². The van der Waals surface area contributed by atoms with Gasteiger partial charge in [0.1, 0.15) is 0 Å². The largest absolute Gasteiger partial charge is 0.347 e. The lowest BCUT2D eigenvalue weighted by Gasteiger charge is -2.28. The number of aromatic nitrogens is 2. The first-order chi connectivity index (χ1) is 10.7. The van der Waals surface area contributed by atoms with Gasteiger partial charge in [-0.1, -0.05) is 11.3 Å². The lowest BCUT2D eigenvalue weighted by Crippen LogP contribution is -2.34. The fourth-order valence-corrected chi connectivity index (χ4v) is 3.53. The first kappa shape index (κ1) is 14.5. The predicted octanol–water partition coefficient (Wildman–Crippen LogP) is 2.18. The van der Waals surface area contributed by atoms with Crippen LogP contribution in [0.2, 0.25) is 0 Å². The van der Waals surface area contributed by atoms with Crippen molar-refractivity contribution in [1.29, 1.82) is 5.26 Å². The second kappa shape index (κ2) is 6.15. The Kier molecular flexibility index (Phi) is 4.06. The fraction of sp³-hybridized carbons (Fsp3) is 0.429. The van der Waals surface area contributed by atoms with E-state index in [9.17, 15) is 4.79 Å². The molecule has 1 aliphatic rings. The summed E-state index contributed by atoms with van der Waals surface area (Å²) < 4.78 is 0.847. The molecule has 0 aromatic carbocycles. The summed E-state index contributed by atoms with van der Waals surface area (Å²) >= 11 is 1.50. The number of carbonyl (C=O) groups is 1. The maximum atomic E-state index is 11.5. The molecular weight excluding hydrogens is 300 g/mol. The average Bonchev–Trinajstić information content (AvgIpc) is 3.00. The Hall–Kier alpha value is -2.40. The van der Waals surface area contributed by atoms with Crippen LogP contribution in [0.1, 0.15) is 12.8 Å². The molecule has 3 rings (SSSR count). The second-order valence-corrected chi connectivity index (χ2v) is 6.10. The molecule has 3 heterocycles. The number of hydrogen-bond acceptors (Lipinski definition) is 6. The van der Waals surface area contributed by atoms with Crippen molar-refractivity contribution in [3.8, 4) is 6.07 Å². The van der Waals surface area contributed by atoms with E-state index >= 15 is 0 Å². The number of piperidine rings is 1. The van der Waals surface area contributed by atoms with Crippen molar-refractivity contribution in [3.63, 3.8) is 0 Å². The number of amides is 2. The normalized spacial score (nSPS) is 18.0. The van der Waals surface area contributed by atoms with Crippen LogP contribution in [0.25, 0.3) is 10.2 Å². The highest BCUT2D eigenvalue weighted by molar-refractivity contribution is 7.22. The summed E-state index contributed by atoms with van der Waals surface area (Å²) in [7, 11) is 1.56. The van der Waals surface area contributed by atoms with E-state index in [1.165, 1.54) is 11.3 Å². The summed E-state index contributed by atoms with van der Waals surface area (Å²) in [6, 6.07) is 3.86. The van der Waals surface area contributed by atoms with Gasteiger partial charge in [0, 0.05) is 26.3 Å². The SMILES string of the molecule is CNC(=O)Nc1nccc2nc(N3CCC[C@H](C#N)C3)sc12. The lowest BCUT2D eigenvalue weighted by molar-refractivity contribution is 0.254. The first-order valence-electron chi connectivity index (χ1n) is 7.10. The van der Waals surface area contributed by atoms with Gasteiger partial charge in [-0.2, -0.15) is 5.26 Å². The zero-order valence-corrected chi connectivity index (χ0v) is 13.0. The summed E-state index contributed by atoms with van der Waals surface area (Å²) in [6.45, 7) is 1.62. The van der Waals surface area contributed by atoms with Gasteiger partial charge in [-0.3, -0.25) is 5.32 Å². The Morgan fingerprint density at radius 3 is 3.23 bits per heavy atom. The molecule has 0 unspecified atom stereocenters. The molecule has 0 radical (unpaired) electrons. The molecule has 0 saturated carbocycles. The summed E-state index contributed by atoms with van der Waals surface area (Å²) in [5.41, 5.74) is 0.806. The van der Waals surface area contributed by atoms with E-state index in [4.69, 9.17) is 5.26 Å². The van der Waals surface area contributed by atoms with Gasteiger partial charge in [-0.25, -0.2) is 14.8 Å². The van der Waals surface area contributed by atoms with Crippen molar-refractivity contribution in [3.05, 3.63) is 12.3 Å². The topological polar surface area (TPSA) is 93.9 Å². The molecule has 7 nitrogen and oxygen atoms in total. The monoisotopic (exact) mass is 316 g/mol. The van der Waals surface area contributed by atoms with Gasteiger partial charge in [0.05, 0.1) is 22.2 Å². The van der Waals surface area contributed by atoms with Crippen molar-refractivity contribution in [1.82, 2.24) is 15.3 Å². The molecule has 2 aromatic rings. The number of thiazole rings is 1. The van der Waals surface area contributed by atoms with Crippen molar-refractivity contribution < 1.29 is 4.79 Å². The van der Waals surface area contributed by atoms with E-state index in [-0.39, 0.29) is 11.9 Å². The van der Waals surface area contributed by atoms with Crippen molar-refractivity contribution in [2.75, 3.05) is 30.4 Å². The number of hydrogen-bond donors (Lipinski definition) is 2. The van der Waals surface area contributed by atoms with Crippen LogP contribution in [-0.4, -0.2) is 36.1 Å². The number of nitrogens with one attached hydrogen (secondary N) is 2. The number of nitrogens with zero attached hydrogens (tertiary/aromatic N) is 4. The highest BCUT2D eigenvalue weighted by Gasteiger charge is 2.22. The van der Waals surface area contributed by atoms with Crippen molar-refractivity contribution in [2.45, 2.75) is 12.8 Å². The van der Waals surface area contributed by atoms with Crippen LogP contribution in [0.5, 0.6) is 0 Å². The predicted molar refractivity (Wildman–Crippen MR) is 86.0 cm³/mol. The molecule has 22 heavy (non-hydrogen) atoms. The summed E-state index contributed by atoms with van der Waals surface area (Å²) in [4.78, 5) is 22.5. The van der Waals surface area contributed by atoms with E-state index < -0.39 is 0 Å². The number of carbonyl (C=O) groups excluding carboxylic acids is 1. The Morgan fingerprint density at radius 1 is 1.59 bits per heavy atom. The fourth-order valence-electron chi connectivity index (χ4n) is 2.49. The molecule has 0 spiro atoms. The van der Waals surface area contributed by atoms with Gasteiger partial charge in [-0.15, -0.1) is 0 Å². The van der Waals surface area contributed by atoms with Gasteiger partial charge in [0.15, 0.2) is 10.9 Å². The molecule has 2 amide bonds. The van der Waals surface area contributed by atoms with Crippen molar-refractivity contribution in [2.24, 2.45) is 5.92 Å². The van der Waals surface area contributed by atoms with Crippen LogP contribution in [0.3, 0.4) is 0 Å². The van der Waals surface area contributed by atoms with Crippen LogP contribution in [-0.2, 0) is 0 Å². The maximum absolute atomic E-state index is 11.5. The molecule has 2 aromatic heterocycles. The minimum Gasteiger partial charge on any atom is -0.347 e. The molecule has 1 saturated heterocycles. The quantitative estimate of drug-likeness (QED) is 0.885. The molecule has 8 heteroatoms. The highest BCUT2D eigenvalue weighted by atomic mass is 32.1. The van der Waals surface area contributed by atoms with Gasteiger partial charge < -0.3 is 10.2 Å². The van der Waals surface area contributed by atoms with Crippen LogP contribution >= 0.6 is 11.3 Å². The molecule has 2 N–H and O–H groups in total. The van der Waals surface area contributed by atoms with Gasteiger partial charge >= 0.3 is 6.03 Å². The van der Waals surface area contributed by atoms with Crippen LogP contribution in [0, 0.1) is 17.2 Å². The molecule has 1 aliphatic heterocycles. The molecule has 1 fully saturated rings. The number of rotatable bonds is 2. The minimum absolute atomic E-state index is 0.0577. The van der Waals surface area contributed by atoms with Crippen LogP contribution < -0.4 is 15.5 Å². The van der Waals surface area contributed by atoms with E-state index in [0.717, 1.165) is 34.7 Å². The van der Waals surface area contributed by atoms with E-state index in [2.05, 4.69) is 31.6 Å². The maximum Gasteiger partial charge on any atom is 0.320 e. The third-order valence-corrected chi connectivity index (χ3v) is 4.77. The Bertz CT molecular complexity index is 736. The van der Waals surface area contributed by atoms with Crippen molar-refractivity contribution >= 4 is 38.5 Å². The third kappa shape index (κ3) is 2.80. The first-order valence-corrected chi connectivity index (χ1v) is 7.91. The van der Waals surface area contributed by atoms with Crippen LogP contribution in [0.15, 0.2) is 12.3 Å². The molecule has 0 bridgehead atoms. The molecule has 1 atom stereocenters. The minimum atomic E-state index is -0.308. The highest BCUT2D eigenvalue weighted by Crippen LogP contribution is 2.34. The smallest absolute Gasteiger partial charge is 0.320 e. The van der Waals surface area contributed by atoms with Gasteiger partial charge in [0.25, 0.3) is 0 Å². The third-order valence-electron chi connectivity index (χ3n) is 3.63. The Balaban J connectivity index is 1.91. The molecular formula is C14H16N6OS. The Morgan fingerprint density at radius 2 is 2.45 bits per heavy atom. The van der Waals surface area contributed by atoms with E-state index in [0.29, 0.717) is 12.4 Å². The number of anilines is 2. The van der Waals surface area contributed by atoms with E-state index in [1.54, 1.807) is 13.2 Å². The number of urea groups is 1. The average molecular weight is 316 g/mol. The van der Waals surface area contributed by atoms with Crippen LogP contribution in [0.4, 0.5) is 15.7 Å². The van der Waals surface area contributed by atoms with Gasteiger partial charge in [0.2, 0.25) is 0 Å². The molecule has 0 aliphatic carbocycles. The number of nitriles is 1. The zero-order valence-electron chi connectivity index (χ0n) is 12.2. The summed E-state index contributed by atoms with van der Waals surface area (Å²) in [5, 5.41) is 15.2. The summed E-state index contributed by atoms with van der Waals surface area (Å²) in [5.74, 6) is 0.566. The van der Waals surface area contributed by atoms with Gasteiger partial charge in [-0.05, 0) is 18.9 Å². The molecule has 114 valence electrons. The lowest BCUT2D eigenvalue weighted by atomic mass is 10.0. The summed E-state index contributed by atoms with van der Waals surface area (Å²) in [6.07, 6.45) is 3.57. The zero-order chi connectivity index (χ0) is 15.5.